The number of sulfonamides is 1. The number of H-pyrrole nitrogens is 1. The molecule has 0 spiro atoms. The molecule has 2 heterocycles. The van der Waals surface area contributed by atoms with E-state index in [9.17, 15) is 8.42 Å². The lowest BCUT2D eigenvalue weighted by Gasteiger charge is -2.26. The monoisotopic (exact) mass is 294 g/mol. The van der Waals surface area contributed by atoms with Crippen LogP contribution in [-0.4, -0.2) is 23.6 Å². The van der Waals surface area contributed by atoms with Crippen molar-refractivity contribution in [2.75, 3.05) is 0 Å². The van der Waals surface area contributed by atoms with Crippen molar-refractivity contribution >= 4 is 10.0 Å². The van der Waals surface area contributed by atoms with Gasteiger partial charge < -0.3 is 0 Å². The van der Waals surface area contributed by atoms with Gasteiger partial charge in [-0.1, -0.05) is 6.07 Å². The van der Waals surface area contributed by atoms with Crippen LogP contribution in [0.4, 0.5) is 0 Å². The van der Waals surface area contributed by atoms with Gasteiger partial charge in [0.25, 0.3) is 0 Å². The van der Waals surface area contributed by atoms with E-state index in [0.717, 1.165) is 5.56 Å². The van der Waals surface area contributed by atoms with Crippen LogP contribution in [-0.2, 0) is 15.6 Å². The van der Waals surface area contributed by atoms with Gasteiger partial charge in [0.05, 0.1) is 16.9 Å². The summed E-state index contributed by atoms with van der Waals surface area (Å²) in [5.74, 6) is 0. The van der Waals surface area contributed by atoms with Crippen molar-refractivity contribution in [1.82, 2.24) is 19.9 Å². The lowest BCUT2D eigenvalue weighted by molar-refractivity contribution is 0.470. The average molecular weight is 294 g/mol. The highest BCUT2D eigenvalue weighted by Crippen LogP contribution is 2.24. The summed E-state index contributed by atoms with van der Waals surface area (Å²) in [4.78, 5) is 4.23. The van der Waals surface area contributed by atoms with Crippen LogP contribution in [0.5, 0.6) is 0 Å². The highest BCUT2D eigenvalue weighted by atomic mass is 32.2. The molecule has 2 aromatic rings. The highest BCUT2D eigenvalue weighted by molar-refractivity contribution is 7.89. The molecule has 2 rings (SSSR count). The predicted octanol–water partition coefficient (Wildman–Crippen LogP) is 1.64. The Kier molecular flexibility index (Phi) is 3.66. The van der Waals surface area contributed by atoms with Gasteiger partial charge in [0.2, 0.25) is 10.0 Å². The molecule has 0 saturated carbocycles. The maximum atomic E-state index is 12.5. The lowest BCUT2D eigenvalue weighted by Crippen LogP contribution is -2.41. The van der Waals surface area contributed by atoms with Crippen LogP contribution in [0.15, 0.2) is 29.4 Å². The van der Waals surface area contributed by atoms with Crippen molar-refractivity contribution in [2.45, 2.75) is 38.1 Å². The molecule has 2 aromatic heterocycles. The Bertz CT molecular complexity index is 686. The number of hydrogen-bond donors (Lipinski definition) is 2. The summed E-state index contributed by atoms with van der Waals surface area (Å²) in [6.45, 7) is 6.94. The van der Waals surface area contributed by atoms with Crippen molar-refractivity contribution in [2.24, 2.45) is 0 Å². The van der Waals surface area contributed by atoms with E-state index in [2.05, 4.69) is 19.9 Å². The first kappa shape index (κ1) is 14.7. The Morgan fingerprint density at radius 3 is 2.50 bits per heavy atom. The van der Waals surface area contributed by atoms with Crippen LogP contribution >= 0.6 is 0 Å². The Balaban J connectivity index is 2.39. The highest BCUT2D eigenvalue weighted by Gasteiger charge is 2.31. The summed E-state index contributed by atoms with van der Waals surface area (Å²) in [5, 5.41) is 6.62. The number of aromatic amines is 1. The first-order chi connectivity index (χ1) is 9.24. The summed E-state index contributed by atoms with van der Waals surface area (Å²) in [5.41, 5.74) is 1.01. The number of hydrogen-bond acceptors (Lipinski definition) is 4. The van der Waals surface area contributed by atoms with Crippen molar-refractivity contribution in [3.05, 3.63) is 41.5 Å². The molecule has 0 unspecified atom stereocenters. The second-order valence-corrected chi connectivity index (χ2v) is 6.85. The number of aryl methyl sites for hydroxylation is 2. The lowest BCUT2D eigenvalue weighted by atomic mass is 9.98. The van der Waals surface area contributed by atoms with Gasteiger partial charge in [-0.15, -0.1) is 0 Å². The second kappa shape index (κ2) is 4.99. The first-order valence-electron chi connectivity index (χ1n) is 6.20. The Hall–Kier alpha value is -1.73. The molecule has 0 aliphatic carbocycles. The zero-order chi connectivity index (χ0) is 15.0. The van der Waals surface area contributed by atoms with E-state index in [1.165, 1.54) is 0 Å². The molecule has 0 bridgehead atoms. The molecule has 0 aliphatic heterocycles. The number of nitrogens with one attached hydrogen (secondary N) is 2. The zero-order valence-electron chi connectivity index (χ0n) is 11.9. The fraction of sp³-hybridized carbons (Fsp3) is 0.385. The van der Waals surface area contributed by atoms with Crippen molar-refractivity contribution in [3.63, 3.8) is 0 Å². The summed E-state index contributed by atoms with van der Waals surface area (Å²) in [6, 6.07) is 3.62. The van der Waals surface area contributed by atoms with Crippen LogP contribution in [0.3, 0.4) is 0 Å². The van der Waals surface area contributed by atoms with E-state index < -0.39 is 15.6 Å². The summed E-state index contributed by atoms with van der Waals surface area (Å²) in [6.07, 6.45) is 3.30. The normalized spacial score (nSPS) is 12.6. The number of aromatic nitrogens is 3. The summed E-state index contributed by atoms with van der Waals surface area (Å²) < 4.78 is 27.8. The molecule has 0 radical (unpaired) electrons. The molecule has 0 aliphatic rings. The van der Waals surface area contributed by atoms with Gasteiger partial charge >= 0.3 is 0 Å². The minimum absolute atomic E-state index is 0.203. The smallest absolute Gasteiger partial charge is 0.245 e. The summed E-state index contributed by atoms with van der Waals surface area (Å²) >= 11 is 0. The molecule has 0 amide bonds. The van der Waals surface area contributed by atoms with E-state index in [-0.39, 0.29) is 4.90 Å². The molecular weight excluding hydrogens is 276 g/mol. The molecule has 0 aromatic carbocycles. The van der Waals surface area contributed by atoms with Gasteiger partial charge in [0, 0.05) is 12.4 Å². The molecular formula is C13H18N4O2S. The number of pyridine rings is 1. The van der Waals surface area contributed by atoms with Gasteiger partial charge in [-0.25, -0.2) is 13.1 Å². The van der Waals surface area contributed by atoms with Crippen molar-refractivity contribution in [1.29, 1.82) is 0 Å². The fourth-order valence-electron chi connectivity index (χ4n) is 2.11. The van der Waals surface area contributed by atoms with Crippen LogP contribution in [0.25, 0.3) is 0 Å². The quantitative estimate of drug-likeness (QED) is 0.897. The average Bonchev–Trinajstić information content (AvgIpc) is 2.69. The third-order valence-electron chi connectivity index (χ3n) is 3.10. The van der Waals surface area contributed by atoms with E-state index >= 15 is 0 Å². The maximum Gasteiger partial charge on any atom is 0.245 e. The topological polar surface area (TPSA) is 87.7 Å². The molecule has 0 atom stereocenters. The van der Waals surface area contributed by atoms with E-state index in [1.54, 1.807) is 46.2 Å². The Morgan fingerprint density at radius 2 is 2.00 bits per heavy atom. The number of rotatable bonds is 4. The minimum Gasteiger partial charge on any atom is -0.281 e. The molecule has 7 heteroatoms. The van der Waals surface area contributed by atoms with Crippen LogP contribution < -0.4 is 4.72 Å². The van der Waals surface area contributed by atoms with Crippen molar-refractivity contribution in [3.8, 4) is 0 Å². The second-order valence-electron chi connectivity index (χ2n) is 5.24. The molecule has 108 valence electrons. The third kappa shape index (κ3) is 2.73. The standard InChI is InChI=1S/C13H18N4O2S/c1-9-12(10(2)16-15-9)20(18,19)17-13(3,4)11-6-5-7-14-8-11/h5-8,17H,1-4H3,(H,15,16). The van der Waals surface area contributed by atoms with Gasteiger partial charge in [0.1, 0.15) is 4.90 Å². The fourth-order valence-corrected chi connectivity index (χ4v) is 3.89. The minimum atomic E-state index is -3.66. The molecule has 6 nitrogen and oxygen atoms in total. The van der Waals surface area contributed by atoms with Gasteiger partial charge in [-0.05, 0) is 39.3 Å². The predicted molar refractivity (Wildman–Crippen MR) is 75.6 cm³/mol. The number of nitrogens with zero attached hydrogens (tertiary/aromatic N) is 2. The van der Waals surface area contributed by atoms with E-state index in [0.29, 0.717) is 11.4 Å². The Labute approximate surface area is 118 Å². The van der Waals surface area contributed by atoms with Crippen LogP contribution in [0, 0.1) is 13.8 Å². The molecule has 2 N–H and O–H groups in total. The Morgan fingerprint density at radius 1 is 1.30 bits per heavy atom. The van der Waals surface area contributed by atoms with E-state index in [4.69, 9.17) is 0 Å². The molecule has 0 fully saturated rings. The first-order valence-corrected chi connectivity index (χ1v) is 7.68. The zero-order valence-corrected chi connectivity index (χ0v) is 12.7. The van der Waals surface area contributed by atoms with Crippen LogP contribution in [0.2, 0.25) is 0 Å². The maximum absolute atomic E-state index is 12.5. The van der Waals surface area contributed by atoms with E-state index in [1.807, 2.05) is 6.07 Å². The molecule has 0 saturated heterocycles. The molecule has 20 heavy (non-hydrogen) atoms. The SMILES string of the molecule is Cc1n[nH]c(C)c1S(=O)(=O)NC(C)(C)c1cccnc1. The van der Waals surface area contributed by atoms with Crippen LogP contribution in [0.1, 0.15) is 30.8 Å². The van der Waals surface area contributed by atoms with Crippen molar-refractivity contribution < 1.29 is 8.42 Å². The largest absolute Gasteiger partial charge is 0.281 e. The van der Waals surface area contributed by atoms with Gasteiger partial charge in [-0.3, -0.25) is 10.1 Å². The van der Waals surface area contributed by atoms with Gasteiger partial charge in [-0.2, -0.15) is 5.10 Å². The summed E-state index contributed by atoms with van der Waals surface area (Å²) in [7, 11) is -3.66. The van der Waals surface area contributed by atoms with Gasteiger partial charge in [0.15, 0.2) is 0 Å². The third-order valence-corrected chi connectivity index (χ3v) is 5.02.